The molecule has 0 saturated carbocycles. The Hall–Kier alpha value is -1.64. The lowest BCUT2D eigenvalue weighted by molar-refractivity contribution is 0.0269. The van der Waals surface area contributed by atoms with Crippen molar-refractivity contribution in [2.45, 2.75) is 34.6 Å². The number of nitrogens with two attached hydrogens (primary N) is 1. The Morgan fingerprint density at radius 2 is 2.04 bits per heavy atom. The van der Waals surface area contributed by atoms with E-state index in [2.05, 4.69) is 14.9 Å². The number of rotatable bonds is 3. The third-order valence-electron chi connectivity index (χ3n) is 5.03. The zero-order chi connectivity index (χ0) is 19.3. The summed E-state index contributed by atoms with van der Waals surface area (Å²) in [6, 6.07) is 9.49. The Balaban J connectivity index is 1.40. The van der Waals surface area contributed by atoms with Gasteiger partial charge in [-0.2, -0.15) is 0 Å². The van der Waals surface area contributed by atoms with E-state index in [0.717, 1.165) is 40.8 Å². The Kier molecular flexibility index (Phi) is 4.80. The highest BCUT2D eigenvalue weighted by molar-refractivity contribution is 7.99. The summed E-state index contributed by atoms with van der Waals surface area (Å²) in [5.74, 6) is 0.833. The molecule has 144 valence electrons. The summed E-state index contributed by atoms with van der Waals surface area (Å²) in [4.78, 5) is 16.9. The minimum absolute atomic E-state index is 0.0654. The Morgan fingerprint density at radius 1 is 1.14 bits per heavy atom. The molecular formula is C19H17Cl2N5OS. The molecule has 1 aromatic carbocycles. The van der Waals surface area contributed by atoms with Gasteiger partial charge in [-0.1, -0.05) is 41.0 Å². The fourth-order valence-corrected chi connectivity index (χ4v) is 4.95. The van der Waals surface area contributed by atoms with Gasteiger partial charge in [-0.25, -0.2) is 15.0 Å². The van der Waals surface area contributed by atoms with E-state index in [1.807, 2.05) is 24.3 Å². The second-order valence-electron chi connectivity index (χ2n) is 6.98. The highest BCUT2D eigenvalue weighted by Crippen LogP contribution is 2.36. The van der Waals surface area contributed by atoms with Gasteiger partial charge in [0.2, 0.25) is 0 Å². The number of hydrogen-bond donors (Lipinski definition) is 1. The highest BCUT2D eigenvalue weighted by Gasteiger charge is 2.39. The molecule has 3 unspecified atom stereocenters. The molecule has 0 amide bonds. The van der Waals surface area contributed by atoms with Gasteiger partial charge < -0.3 is 15.4 Å². The first-order chi connectivity index (χ1) is 13.6. The molecule has 3 atom stereocenters. The summed E-state index contributed by atoms with van der Waals surface area (Å²) in [5, 5.41) is 1.84. The van der Waals surface area contributed by atoms with Crippen LogP contribution in [0, 0.1) is 0 Å². The third-order valence-corrected chi connectivity index (χ3v) is 6.95. The van der Waals surface area contributed by atoms with E-state index in [0.29, 0.717) is 15.7 Å². The topological polar surface area (TPSA) is 77.2 Å². The standard InChI is InChI=1S/C19H17Cl2N5OS/c20-11-2-1-3-15(18(11)21)28-17-5-4-13-19(25-17)23-7-16(24-13)26-8-10-6-12(22)14(9-26)27-10/h1-5,7,10,12,14H,6,8-9,22H2. The van der Waals surface area contributed by atoms with Crippen LogP contribution < -0.4 is 10.6 Å². The van der Waals surface area contributed by atoms with Crippen molar-refractivity contribution in [1.29, 1.82) is 0 Å². The van der Waals surface area contributed by atoms with Gasteiger partial charge in [-0.05, 0) is 30.7 Å². The Bertz CT molecular complexity index is 1050. The van der Waals surface area contributed by atoms with Gasteiger partial charge in [0.15, 0.2) is 5.65 Å². The number of nitrogens with zero attached hydrogens (tertiary/aromatic N) is 4. The number of aromatic nitrogens is 3. The Labute approximate surface area is 176 Å². The molecule has 6 nitrogen and oxygen atoms in total. The second-order valence-corrected chi connectivity index (χ2v) is 8.82. The first-order valence-electron chi connectivity index (χ1n) is 8.98. The summed E-state index contributed by atoms with van der Waals surface area (Å²) in [6.45, 7) is 1.53. The lowest BCUT2D eigenvalue weighted by Crippen LogP contribution is -2.46. The molecule has 9 heteroatoms. The van der Waals surface area contributed by atoms with E-state index < -0.39 is 0 Å². The number of halogens is 2. The molecule has 28 heavy (non-hydrogen) atoms. The van der Waals surface area contributed by atoms with Crippen molar-refractivity contribution in [3.8, 4) is 0 Å². The number of ether oxygens (including phenoxy) is 1. The molecule has 2 aliphatic rings. The maximum absolute atomic E-state index is 6.27. The van der Waals surface area contributed by atoms with E-state index in [-0.39, 0.29) is 18.2 Å². The van der Waals surface area contributed by atoms with Crippen LogP contribution in [0.25, 0.3) is 11.2 Å². The van der Waals surface area contributed by atoms with Crippen molar-refractivity contribution in [2.24, 2.45) is 5.73 Å². The maximum atomic E-state index is 6.27. The van der Waals surface area contributed by atoms with E-state index in [1.54, 1.807) is 12.3 Å². The van der Waals surface area contributed by atoms with Crippen molar-refractivity contribution < 1.29 is 4.74 Å². The molecular weight excluding hydrogens is 417 g/mol. The molecule has 3 aromatic rings. The zero-order valence-corrected chi connectivity index (χ0v) is 17.1. The van der Waals surface area contributed by atoms with Gasteiger partial charge in [-0.3, -0.25) is 0 Å². The van der Waals surface area contributed by atoms with Crippen LogP contribution in [0.1, 0.15) is 6.42 Å². The van der Waals surface area contributed by atoms with Crippen LogP contribution in [-0.2, 0) is 4.74 Å². The molecule has 2 aliphatic heterocycles. The summed E-state index contributed by atoms with van der Waals surface area (Å²) in [6.07, 6.45) is 2.91. The summed E-state index contributed by atoms with van der Waals surface area (Å²) in [5.41, 5.74) is 7.48. The minimum atomic E-state index is 0.0654. The van der Waals surface area contributed by atoms with Gasteiger partial charge in [0.05, 0.1) is 28.5 Å². The lowest BCUT2D eigenvalue weighted by atomic mass is 10.1. The molecule has 2 fully saturated rings. The normalized spacial score (nSPS) is 24.1. The summed E-state index contributed by atoms with van der Waals surface area (Å²) >= 11 is 13.8. The molecule has 0 radical (unpaired) electrons. The van der Waals surface area contributed by atoms with Crippen LogP contribution in [-0.4, -0.2) is 46.3 Å². The predicted octanol–water partition coefficient (Wildman–Crippen LogP) is 3.79. The van der Waals surface area contributed by atoms with Gasteiger partial charge >= 0.3 is 0 Å². The first kappa shape index (κ1) is 18.4. The van der Waals surface area contributed by atoms with Gasteiger partial charge in [-0.15, -0.1) is 0 Å². The van der Waals surface area contributed by atoms with Crippen molar-refractivity contribution in [3.63, 3.8) is 0 Å². The Morgan fingerprint density at radius 3 is 2.89 bits per heavy atom. The van der Waals surface area contributed by atoms with E-state index in [4.69, 9.17) is 38.7 Å². The van der Waals surface area contributed by atoms with Crippen LogP contribution in [0.3, 0.4) is 0 Å². The average molecular weight is 434 g/mol. The lowest BCUT2D eigenvalue weighted by Gasteiger charge is -2.33. The van der Waals surface area contributed by atoms with Gasteiger partial charge in [0, 0.05) is 24.0 Å². The number of benzene rings is 1. The maximum Gasteiger partial charge on any atom is 0.179 e. The fraction of sp³-hybridized carbons (Fsp3) is 0.316. The minimum Gasteiger partial charge on any atom is -0.370 e. The van der Waals surface area contributed by atoms with E-state index >= 15 is 0 Å². The van der Waals surface area contributed by atoms with Crippen LogP contribution >= 0.6 is 35.0 Å². The summed E-state index contributed by atoms with van der Waals surface area (Å²) < 4.78 is 5.89. The van der Waals surface area contributed by atoms with E-state index in [9.17, 15) is 0 Å². The van der Waals surface area contributed by atoms with Crippen LogP contribution in [0.2, 0.25) is 10.0 Å². The second kappa shape index (κ2) is 7.31. The zero-order valence-electron chi connectivity index (χ0n) is 14.8. The molecule has 2 saturated heterocycles. The van der Waals surface area contributed by atoms with Crippen molar-refractivity contribution in [2.75, 3.05) is 18.0 Å². The smallest absolute Gasteiger partial charge is 0.179 e. The van der Waals surface area contributed by atoms with Crippen LogP contribution in [0.4, 0.5) is 5.82 Å². The van der Waals surface area contributed by atoms with Gasteiger partial charge in [0.1, 0.15) is 16.4 Å². The quantitative estimate of drug-likeness (QED) is 0.672. The molecule has 0 aliphatic carbocycles. The molecule has 2 N–H and O–H groups in total. The van der Waals surface area contributed by atoms with Crippen molar-refractivity contribution in [1.82, 2.24) is 15.0 Å². The molecule has 0 spiro atoms. The summed E-state index contributed by atoms with van der Waals surface area (Å²) in [7, 11) is 0. The van der Waals surface area contributed by atoms with Crippen molar-refractivity contribution in [3.05, 3.63) is 46.6 Å². The van der Waals surface area contributed by atoms with Crippen molar-refractivity contribution >= 4 is 51.9 Å². The average Bonchev–Trinajstić information content (AvgIpc) is 2.96. The van der Waals surface area contributed by atoms with Crippen LogP contribution in [0.5, 0.6) is 0 Å². The number of anilines is 1. The molecule has 4 heterocycles. The largest absolute Gasteiger partial charge is 0.370 e. The molecule has 5 rings (SSSR count). The first-order valence-corrected chi connectivity index (χ1v) is 10.6. The predicted molar refractivity (Wildman–Crippen MR) is 111 cm³/mol. The molecule has 2 bridgehead atoms. The van der Waals surface area contributed by atoms with Crippen LogP contribution in [0.15, 0.2) is 46.5 Å². The molecule has 2 aromatic heterocycles. The third kappa shape index (κ3) is 3.42. The number of pyridine rings is 1. The van der Waals surface area contributed by atoms with E-state index in [1.165, 1.54) is 11.8 Å². The number of morpholine rings is 1. The fourth-order valence-electron chi connectivity index (χ4n) is 3.64. The number of hydrogen-bond acceptors (Lipinski definition) is 7. The monoisotopic (exact) mass is 433 g/mol. The number of fused-ring (bicyclic) bond motifs is 3. The van der Waals surface area contributed by atoms with Gasteiger partial charge in [0.25, 0.3) is 0 Å². The SMILES string of the molecule is NC1CC2CN(c3cnc4nc(Sc5cccc(Cl)c5Cl)ccc4n3)CC1O2. The highest BCUT2D eigenvalue weighted by atomic mass is 35.5.